The topological polar surface area (TPSA) is 154 Å². The molecule has 4 heterocycles. The molecule has 0 radical (unpaired) electrons. The molecule has 12 nitrogen and oxygen atoms in total. The fourth-order valence-corrected chi connectivity index (χ4v) is 9.31. The molecule has 290 valence electrons. The quantitative estimate of drug-likeness (QED) is 0.290. The number of likely N-dealkylation sites (N-methyl/N-ethyl adjacent to an activating group) is 1. The number of carbonyl (C=O) groups is 1. The highest BCUT2D eigenvalue weighted by atomic mass is 16.7. The van der Waals surface area contributed by atoms with Gasteiger partial charge in [0.2, 0.25) is 0 Å². The molecule has 1 aromatic carbocycles. The van der Waals surface area contributed by atoms with Gasteiger partial charge in [-0.3, -0.25) is 9.63 Å². The first-order valence-electron chi connectivity index (χ1n) is 19.1. The highest BCUT2D eigenvalue weighted by molar-refractivity contribution is 5.73. The van der Waals surface area contributed by atoms with Crippen molar-refractivity contribution in [2.45, 2.75) is 159 Å². The van der Waals surface area contributed by atoms with Crippen LogP contribution in [-0.4, -0.2) is 114 Å². The van der Waals surface area contributed by atoms with Crippen molar-refractivity contribution in [1.82, 2.24) is 10.4 Å². The number of ether oxygens (including phenoxy) is 5. The van der Waals surface area contributed by atoms with Crippen LogP contribution < -0.4 is 11.2 Å². The zero-order valence-electron chi connectivity index (χ0n) is 32.4. The van der Waals surface area contributed by atoms with Gasteiger partial charge in [-0.25, -0.2) is 0 Å². The Labute approximate surface area is 304 Å². The van der Waals surface area contributed by atoms with Crippen molar-refractivity contribution in [3.63, 3.8) is 0 Å². The number of aliphatic hydroxyl groups excluding tert-OH is 1. The van der Waals surface area contributed by atoms with Crippen LogP contribution in [-0.2, 0) is 33.3 Å². The summed E-state index contributed by atoms with van der Waals surface area (Å²) in [5, 5.41) is 24.1. The fraction of sp³-hybridized carbons (Fsp3) is 0.821. The lowest BCUT2D eigenvalue weighted by Crippen LogP contribution is -2.59. The lowest BCUT2D eigenvalue weighted by Gasteiger charge is -2.47. The Morgan fingerprint density at radius 1 is 1.06 bits per heavy atom. The summed E-state index contributed by atoms with van der Waals surface area (Å²) >= 11 is 0. The highest BCUT2D eigenvalue weighted by Gasteiger charge is 2.57. The minimum absolute atomic E-state index is 0.00243. The van der Waals surface area contributed by atoms with Gasteiger partial charge in [0.15, 0.2) is 6.29 Å². The molecule has 4 unspecified atom stereocenters. The van der Waals surface area contributed by atoms with Crippen molar-refractivity contribution in [3.8, 4) is 0 Å². The molecule has 4 saturated heterocycles. The van der Waals surface area contributed by atoms with E-state index in [-0.39, 0.29) is 48.8 Å². The number of fused-ring (bicyclic) bond motifs is 2. The van der Waals surface area contributed by atoms with Crippen molar-refractivity contribution in [2.24, 2.45) is 29.4 Å². The standard InChI is InChI=1S/C39H65N3O9/c1-11-30-39(8)34(40)23(4)32(50-39)21(2)19-38(7,45)35(49-37-31(43)29(42(9)10)17-22(3)47-37)24(5)33(25(6)36(44)48-30)46-20-27-18-28(41-51-27)26-15-13-12-14-16-26/h12-16,21-25,27-35,37,41,43,45H,11,17-20,40H2,1-10H3/t21-,22-,23-,24+,25-,27?,28?,29+,30+,31-,32-,33+,34+,35-,37?,38-,39?/m1/s1. The molecule has 0 aromatic heterocycles. The Balaban J connectivity index is 1.49. The number of hydrogen-bond acceptors (Lipinski definition) is 12. The first-order chi connectivity index (χ1) is 24.0. The molecule has 0 aliphatic carbocycles. The summed E-state index contributed by atoms with van der Waals surface area (Å²) in [7, 11) is 3.85. The molecule has 17 atom stereocenters. The molecule has 0 spiro atoms. The Morgan fingerprint density at radius 3 is 2.39 bits per heavy atom. The van der Waals surface area contributed by atoms with Crippen LogP contribution in [0.2, 0.25) is 0 Å². The number of aliphatic hydroxyl groups is 2. The van der Waals surface area contributed by atoms with E-state index in [1.807, 2.05) is 64.9 Å². The van der Waals surface area contributed by atoms with E-state index in [1.54, 1.807) is 13.8 Å². The van der Waals surface area contributed by atoms with Crippen molar-refractivity contribution < 1.29 is 43.5 Å². The van der Waals surface area contributed by atoms with Crippen molar-refractivity contribution in [3.05, 3.63) is 35.9 Å². The van der Waals surface area contributed by atoms with E-state index in [9.17, 15) is 15.0 Å². The first kappa shape index (κ1) is 40.5. The zero-order chi connectivity index (χ0) is 37.4. The van der Waals surface area contributed by atoms with Gasteiger partial charge in [-0.15, -0.1) is 0 Å². The number of nitrogens with one attached hydrogen (secondary N) is 1. The monoisotopic (exact) mass is 719 g/mol. The van der Waals surface area contributed by atoms with Crippen LogP contribution in [0.5, 0.6) is 0 Å². The minimum atomic E-state index is -1.46. The summed E-state index contributed by atoms with van der Waals surface area (Å²) in [6.45, 7) is 15.7. The summed E-state index contributed by atoms with van der Waals surface area (Å²) in [6.07, 6.45) is -2.92. The van der Waals surface area contributed by atoms with Crippen LogP contribution in [0.25, 0.3) is 0 Å². The third-order valence-electron chi connectivity index (χ3n) is 12.3. The lowest BCUT2D eigenvalue weighted by molar-refractivity contribution is -0.300. The number of benzene rings is 1. The average molecular weight is 720 g/mol. The molecule has 1 aromatic rings. The van der Waals surface area contributed by atoms with E-state index in [0.717, 1.165) is 5.56 Å². The van der Waals surface area contributed by atoms with Gasteiger partial charge in [-0.2, -0.15) is 5.48 Å². The molecule has 4 aliphatic heterocycles. The largest absolute Gasteiger partial charge is 0.459 e. The van der Waals surface area contributed by atoms with Gasteiger partial charge in [-0.05, 0) is 79.0 Å². The maximum Gasteiger partial charge on any atom is 0.311 e. The van der Waals surface area contributed by atoms with Gasteiger partial charge in [0, 0.05) is 23.9 Å². The van der Waals surface area contributed by atoms with E-state index in [1.165, 1.54) is 0 Å². The number of hydrogen-bond donors (Lipinski definition) is 4. The molecule has 0 saturated carbocycles. The van der Waals surface area contributed by atoms with Crippen LogP contribution >= 0.6 is 0 Å². The second-order valence-electron chi connectivity index (χ2n) is 16.7. The Kier molecular flexibility index (Phi) is 13.0. The van der Waals surface area contributed by atoms with E-state index < -0.39 is 65.8 Å². The van der Waals surface area contributed by atoms with Crippen molar-refractivity contribution in [1.29, 1.82) is 0 Å². The predicted molar refractivity (Wildman–Crippen MR) is 192 cm³/mol. The Bertz CT molecular complexity index is 1290. The predicted octanol–water partition coefficient (Wildman–Crippen LogP) is 3.72. The lowest BCUT2D eigenvalue weighted by atomic mass is 9.75. The normalized spacial score (nSPS) is 47.0. The van der Waals surface area contributed by atoms with Crippen LogP contribution in [0.4, 0.5) is 0 Å². The maximum absolute atomic E-state index is 14.2. The van der Waals surface area contributed by atoms with Gasteiger partial charge in [0.05, 0.1) is 48.6 Å². The van der Waals surface area contributed by atoms with E-state index in [0.29, 0.717) is 25.7 Å². The number of hydroxylamine groups is 1. The smallest absolute Gasteiger partial charge is 0.311 e. The molecular formula is C39H65N3O9. The SMILES string of the molecule is CC[C@@H]1OC(=O)[C@H](C)[C@@H](OCC2CC(c3ccccc3)NO2)[C@H](C)[C@@H](OC2O[C@H](C)C[C@H](N(C)C)[C@H]2O)[C@](C)(O)C[C@@H](C)[C@H]2OC1(C)[C@@H](N)[C@@H]2C. The molecule has 12 heteroatoms. The third kappa shape index (κ3) is 8.51. The van der Waals surface area contributed by atoms with E-state index >= 15 is 0 Å². The number of rotatable bonds is 8. The van der Waals surface area contributed by atoms with E-state index in [4.69, 9.17) is 34.3 Å². The molecule has 51 heavy (non-hydrogen) atoms. The molecule has 5 rings (SSSR count). The van der Waals surface area contributed by atoms with Gasteiger partial charge in [-0.1, -0.05) is 58.0 Å². The molecule has 0 amide bonds. The van der Waals surface area contributed by atoms with Crippen molar-refractivity contribution >= 4 is 5.97 Å². The summed E-state index contributed by atoms with van der Waals surface area (Å²) < 4.78 is 32.8. The van der Waals surface area contributed by atoms with Crippen LogP contribution in [0.1, 0.15) is 92.7 Å². The number of nitrogens with two attached hydrogens (primary N) is 1. The molecule has 2 bridgehead atoms. The van der Waals surface area contributed by atoms with E-state index in [2.05, 4.69) is 31.5 Å². The highest BCUT2D eigenvalue weighted by Crippen LogP contribution is 2.45. The van der Waals surface area contributed by atoms with Crippen molar-refractivity contribution in [2.75, 3.05) is 20.7 Å². The second kappa shape index (κ2) is 16.3. The number of cyclic esters (lactones) is 1. The Morgan fingerprint density at radius 2 is 1.75 bits per heavy atom. The van der Waals surface area contributed by atoms with Gasteiger partial charge in [0.1, 0.15) is 23.9 Å². The Hall–Kier alpha value is -1.71. The number of nitrogens with zero attached hydrogens (tertiary/aromatic N) is 1. The number of esters is 1. The number of carbonyl (C=O) groups excluding carboxylic acids is 1. The summed E-state index contributed by atoms with van der Waals surface area (Å²) in [5.41, 5.74) is 8.73. The molecule has 4 aliphatic rings. The minimum Gasteiger partial charge on any atom is -0.459 e. The summed E-state index contributed by atoms with van der Waals surface area (Å²) in [5.74, 6) is -1.99. The van der Waals surface area contributed by atoms with Crippen LogP contribution in [0.15, 0.2) is 30.3 Å². The maximum atomic E-state index is 14.2. The second-order valence-corrected chi connectivity index (χ2v) is 16.7. The van der Waals surface area contributed by atoms with Gasteiger partial charge < -0.3 is 44.5 Å². The molecule has 5 N–H and O–H groups in total. The third-order valence-corrected chi connectivity index (χ3v) is 12.3. The summed E-state index contributed by atoms with van der Waals surface area (Å²) in [4.78, 5) is 22.1. The fourth-order valence-electron chi connectivity index (χ4n) is 9.31. The average Bonchev–Trinajstić information content (AvgIpc) is 3.65. The van der Waals surface area contributed by atoms with Crippen LogP contribution in [0, 0.1) is 23.7 Å². The van der Waals surface area contributed by atoms with Crippen LogP contribution in [0.3, 0.4) is 0 Å². The molecular weight excluding hydrogens is 654 g/mol. The summed E-state index contributed by atoms with van der Waals surface area (Å²) in [6, 6.07) is 9.48. The first-order valence-corrected chi connectivity index (χ1v) is 19.1. The zero-order valence-corrected chi connectivity index (χ0v) is 32.4. The van der Waals surface area contributed by atoms with Gasteiger partial charge in [0.25, 0.3) is 0 Å². The molecule has 4 fully saturated rings. The van der Waals surface area contributed by atoms with Gasteiger partial charge >= 0.3 is 5.97 Å².